The van der Waals surface area contributed by atoms with Gasteiger partial charge in [0.15, 0.2) is 0 Å². The largest absolute Gasteiger partial charge is 0.457 e. The van der Waals surface area contributed by atoms with Crippen LogP contribution in [0.1, 0.15) is 162 Å². The molecule has 0 saturated carbocycles. The van der Waals surface area contributed by atoms with Crippen molar-refractivity contribution in [2.45, 2.75) is 186 Å². The SMILES string of the molecule is CCCCCCCCCCCCC(OC(=O)CC(=O)OC(CCCCCCCCCCCC)C1=CC(=O)OC1O)C1=CC(=O)OC1O. The number of hydrogen-bond acceptors (Lipinski definition) is 10. The summed E-state index contributed by atoms with van der Waals surface area (Å²) < 4.78 is 20.8. The maximum Gasteiger partial charge on any atom is 0.333 e. The molecule has 0 aliphatic carbocycles. The lowest BCUT2D eigenvalue weighted by atomic mass is 10.0. The van der Waals surface area contributed by atoms with Crippen molar-refractivity contribution in [1.29, 1.82) is 0 Å². The van der Waals surface area contributed by atoms with E-state index in [1.807, 2.05) is 0 Å². The van der Waals surface area contributed by atoms with Crippen LogP contribution < -0.4 is 0 Å². The first-order chi connectivity index (χ1) is 22.7. The Morgan fingerprint density at radius 3 is 1.15 bits per heavy atom. The van der Waals surface area contributed by atoms with Crippen molar-refractivity contribution in [2.24, 2.45) is 0 Å². The van der Waals surface area contributed by atoms with Crippen LogP contribution in [0.15, 0.2) is 23.3 Å². The molecule has 0 radical (unpaired) electrons. The number of carbonyl (C=O) groups is 4. The molecule has 2 aliphatic heterocycles. The fourth-order valence-corrected chi connectivity index (χ4v) is 6.08. The van der Waals surface area contributed by atoms with E-state index in [9.17, 15) is 29.4 Å². The zero-order valence-corrected chi connectivity index (χ0v) is 28.9. The number of cyclic esters (lactones) is 2. The Morgan fingerprint density at radius 2 is 0.872 bits per heavy atom. The molecule has 2 N–H and O–H groups in total. The molecule has 0 saturated heterocycles. The summed E-state index contributed by atoms with van der Waals surface area (Å²) in [6, 6.07) is 0. The van der Waals surface area contributed by atoms with E-state index >= 15 is 0 Å². The van der Waals surface area contributed by atoms with E-state index in [0.29, 0.717) is 25.7 Å². The predicted octanol–water partition coefficient (Wildman–Crippen LogP) is 7.43. The molecule has 2 heterocycles. The Morgan fingerprint density at radius 1 is 0.574 bits per heavy atom. The minimum Gasteiger partial charge on any atom is -0.457 e. The van der Waals surface area contributed by atoms with Crippen LogP contribution in [0.3, 0.4) is 0 Å². The van der Waals surface area contributed by atoms with Gasteiger partial charge < -0.3 is 29.2 Å². The van der Waals surface area contributed by atoms with Crippen LogP contribution in [0.5, 0.6) is 0 Å². The highest BCUT2D eigenvalue weighted by Crippen LogP contribution is 2.27. The number of esters is 4. The molecule has 0 fully saturated rings. The van der Waals surface area contributed by atoms with Crippen molar-refractivity contribution in [3.63, 3.8) is 0 Å². The van der Waals surface area contributed by atoms with Crippen molar-refractivity contribution in [3.8, 4) is 0 Å². The van der Waals surface area contributed by atoms with Gasteiger partial charge in [0.1, 0.15) is 18.6 Å². The van der Waals surface area contributed by atoms with Gasteiger partial charge in [0.2, 0.25) is 12.6 Å². The maximum atomic E-state index is 12.9. The first-order valence-electron chi connectivity index (χ1n) is 18.3. The number of carbonyl (C=O) groups excluding carboxylic acids is 4. The van der Waals surface area contributed by atoms with E-state index in [2.05, 4.69) is 13.8 Å². The zero-order chi connectivity index (χ0) is 34.3. The molecule has 0 amide bonds. The second-order valence-electron chi connectivity index (χ2n) is 12.9. The van der Waals surface area contributed by atoms with Gasteiger partial charge in [-0.25, -0.2) is 9.59 Å². The number of hydrogen-bond donors (Lipinski definition) is 2. The van der Waals surface area contributed by atoms with Crippen LogP contribution in [0.4, 0.5) is 0 Å². The number of unbranched alkanes of at least 4 members (excludes halogenated alkanes) is 18. The number of ether oxygens (including phenoxy) is 4. The summed E-state index contributed by atoms with van der Waals surface area (Å²) in [6.45, 7) is 4.41. The monoisotopic (exact) mass is 664 g/mol. The minimum atomic E-state index is -1.51. The van der Waals surface area contributed by atoms with Gasteiger partial charge in [0.05, 0.1) is 0 Å². The molecule has 2 rings (SSSR count). The molecule has 10 nitrogen and oxygen atoms in total. The van der Waals surface area contributed by atoms with Gasteiger partial charge in [-0.15, -0.1) is 0 Å². The van der Waals surface area contributed by atoms with Crippen LogP contribution in [-0.4, -0.2) is 58.9 Å². The Bertz CT molecular complexity index is 925. The van der Waals surface area contributed by atoms with E-state index in [1.165, 1.54) is 77.0 Å². The highest BCUT2D eigenvalue weighted by molar-refractivity contribution is 5.92. The molecule has 4 unspecified atom stereocenters. The molecule has 268 valence electrons. The van der Waals surface area contributed by atoms with Gasteiger partial charge in [-0.2, -0.15) is 0 Å². The summed E-state index contributed by atoms with van der Waals surface area (Å²) >= 11 is 0. The van der Waals surface area contributed by atoms with Crippen molar-refractivity contribution in [2.75, 3.05) is 0 Å². The molecular formula is C37H60O10. The lowest BCUT2D eigenvalue weighted by molar-refractivity contribution is -0.160. The van der Waals surface area contributed by atoms with Crippen LogP contribution in [-0.2, 0) is 38.1 Å². The summed E-state index contributed by atoms with van der Waals surface area (Å²) in [7, 11) is 0. The molecule has 0 aromatic heterocycles. The molecule has 0 spiro atoms. The van der Waals surface area contributed by atoms with Gasteiger partial charge >= 0.3 is 23.9 Å². The third-order valence-corrected chi connectivity index (χ3v) is 8.81. The Hall–Kier alpha value is -2.72. The van der Waals surface area contributed by atoms with E-state index in [1.54, 1.807) is 0 Å². The Kier molecular flexibility index (Phi) is 21.0. The molecule has 0 bridgehead atoms. The lowest BCUT2D eigenvalue weighted by Gasteiger charge is -2.22. The second-order valence-corrected chi connectivity index (χ2v) is 12.9. The van der Waals surface area contributed by atoms with Crippen molar-refractivity contribution in [3.05, 3.63) is 23.3 Å². The number of rotatable bonds is 28. The second kappa shape index (κ2) is 24.4. The normalized spacial score (nSPS) is 18.7. The van der Waals surface area contributed by atoms with Crippen molar-refractivity contribution < 1.29 is 48.3 Å². The minimum absolute atomic E-state index is 0.154. The lowest BCUT2D eigenvalue weighted by Crippen LogP contribution is -2.30. The van der Waals surface area contributed by atoms with E-state index in [-0.39, 0.29) is 11.1 Å². The van der Waals surface area contributed by atoms with Crippen LogP contribution >= 0.6 is 0 Å². The molecule has 0 aromatic carbocycles. The van der Waals surface area contributed by atoms with Crippen LogP contribution in [0, 0.1) is 0 Å². The molecule has 10 heteroatoms. The van der Waals surface area contributed by atoms with E-state index < -0.39 is 55.1 Å². The van der Waals surface area contributed by atoms with Crippen molar-refractivity contribution in [1.82, 2.24) is 0 Å². The quantitative estimate of drug-likeness (QED) is 0.0375. The Balaban J connectivity index is 1.83. The predicted molar refractivity (Wildman–Crippen MR) is 178 cm³/mol. The smallest absolute Gasteiger partial charge is 0.333 e. The third kappa shape index (κ3) is 17.3. The van der Waals surface area contributed by atoms with Gasteiger partial charge in [-0.3, -0.25) is 9.59 Å². The topological polar surface area (TPSA) is 146 Å². The molecular weight excluding hydrogens is 604 g/mol. The number of aliphatic hydroxyl groups excluding tert-OH is 2. The molecule has 47 heavy (non-hydrogen) atoms. The van der Waals surface area contributed by atoms with E-state index in [0.717, 1.165) is 50.7 Å². The molecule has 2 aliphatic rings. The first kappa shape index (κ1) is 40.5. The summed E-state index contributed by atoms with van der Waals surface area (Å²) in [6.07, 6.45) is 19.9. The first-order valence-corrected chi connectivity index (χ1v) is 18.3. The summed E-state index contributed by atoms with van der Waals surface area (Å²) in [5, 5.41) is 20.4. The summed E-state index contributed by atoms with van der Waals surface area (Å²) in [4.78, 5) is 49.2. The third-order valence-electron chi connectivity index (χ3n) is 8.81. The summed E-state index contributed by atoms with van der Waals surface area (Å²) in [5.41, 5.74) is 0.308. The van der Waals surface area contributed by atoms with Gasteiger partial charge in [-0.05, 0) is 25.7 Å². The van der Waals surface area contributed by atoms with E-state index in [4.69, 9.17) is 18.9 Å². The van der Waals surface area contributed by atoms with Crippen LogP contribution in [0.2, 0.25) is 0 Å². The highest BCUT2D eigenvalue weighted by atomic mass is 16.6. The molecule has 4 atom stereocenters. The number of aliphatic hydroxyl groups is 2. The maximum absolute atomic E-state index is 12.9. The van der Waals surface area contributed by atoms with Crippen LogP contribution in [0.25, 0.3) is 0 Å². The molecule has 0 aromatic rings. The van der Waals surface area contributed by atoms with Gasteiger partial charge in [0.25, 0.3) is 0 Å². The van der Waals surface area contributed by atoms with Gasteiger partial charge in [-0.1, -0.05) is 129 Å². The standard InChI is InChI=1S/C37H60O10/c1-3-5-7-9-11-13-15-17-19-21-23-30(28-25-32(38)46-36(28)42)44-34(40)27-35(41)45-31(29-26-33(39)47-37(29)43)24-22-20-18-16-14-12-10-8-6-4-2/h25-26,30-31,36-37,42-43H,3-24,27H2,1-2H3. The fourth-order valence-electron chi connectivity index (χ4n) is 6.08. The highest BCUT2D eigenvalue weighted by Gasteiger charge is 2.35. The zero-order valence-electron chi connectivity index (χ0n) is 28.9. The fraction of sp³-hybridized carbons (Fsp3) is 0.784. The Labute approximate surface area is 281 Å². The van der Waals surface area contributed by atoms with Crippen molar-refractivity contribution >= 4 is 23.9 Å². The average molecular weight is 665 g/mol. The average Bonchev–Trinajstić information content (AvgIpc) is 3.55. The van der Waals surface area contributed by atoms with Gasteiger partial charge in [0, 0.05) is 23.3 Å². The summed E-state index contributed by atoms with van der Waals surface area (Å²) in [5.74, 6) is -3.17.